The van der Waals surface area contributed by atoms with E-state index in [1.54, 1.807) is 0 Å². The van der Waals surface area contributed by atoms with Crippen molar-refractivity contribution < 1.29 is 13.2 Å². The maximum absolute atomic E-state index is 12.9. The Labute approximate surface area is 129 Å². The Kier molecular flexibility index (Phi) is 5.50. The van der Waals surface area contributed by atoms with Crippen LogP contribution < -0.4 is 5.32 Å². The standard InChI is InChI=1S/C15H25F3N4/c1-11(2)8-19-13-4-6-22(7-5-13)10-12-9-21(3)20-14(12)15(16,17)18/h9,11,13,19H,4-8,10H2,1-3H3. The zero-order valence-electron chi connectivity index (χ0n) is 13.5. The van der Waals surface area contributed by atoms with Crippen molar-refractivity contribution in [3.63, 3.8) is 0 Å². The lowest BCUT2D eigenvalue weighted by Crippen LogP contribution is -2.43. The highest BCUT2D eigenvalue weighted by Gasteiger charge is 2.37. The number of alkyl halides is 3. The van der Waals surface area contributed by atoms with Crippen LogP contribution in [0, 0.1) is 5.92 Å². The molecule has 0 amide bonds. The van der Waals surface area contributed by atoms with Gasteiger partial charge in [-0.25, -0.2) is 0 Å². The Morgan fingerprint density at radius 2 is 1.95 bits per heavy atom. The minimum absolute atomic E-state index is 0.267. The Hall–Kier alpha value is -1.08. The average molecular weight is 318 g/mol. The molecule has 1 aliphatic heterocycles. The van der Waals surface area contributed by atoms with Gasteiger partial charge < -0.3 is 5.32 Å². The van der Waals surface area contributed by atoms with Crippen molar-refractivity contribution in [1.82, 2.24) is 20.0 Å². The monoisotopic (exact) mass is 318 g/mol. The Morgan fingerprint density at radius 1 is 1.32 bits per heavy atom. The molecule has 1 N–H and O–H groups in total. The van der Waals surface area contributed by atoms with Crippen LogP contribution in [0.1, 0.15) is 37.9 Å². The largest absolute Gasteiger partial charge is 0.435 e. The molecule has 0 spiro atoms. The van der Waals surface area contributed by atoms with E-state index < -0.39 is 11.9 Å². The SMILES string of the molecule is CC(C)CNC1CCN(Cc2cn(C)nc2C(F)(F)F)CC1. The van der Waals surface area contributed by atoms with Crippen LogP contribution in [-0.4, -0.2) is 40.4 Å². The summed E-state index contributed by atoms with van der Waals surface area (Å²) < 4.78 is 40.1. The Balaban J connectivity index is 1.89. The molecule has 1 aromatic heterocycles. The van der Waals surface area contributed by atoms with Crippen LogP contribution in [0.4, 0.5) is 13.2 Å². The summed E-state index contributed by atoms with van der Waals surface area (Å²) in [6.07, 6.45) is -0.942. The minimum atomic E-state index is -4.38. The van der Waals surface area contributed by atoms with E-state index in [-0.39, 0.29) is 5.56 Å². The third kappa shape index (κ3) is 4.71. The lowest BCUT2D eigenvalue weighted by molar-refractivity contribution is -0.142. The summed E-state index contributed by atoms with van der Waals surface area (Å²) in [7, 11) is 1.53. The maximum Gasteiger partial charge on any atom is 0.435 e. The summed E-state index contributed by atoms with van der Waals surface area (Å²) in [6.45, 7) is 7.29. The first-order valence-corrected chi connectivity index (χ1v) is 7.81. The highest BCUT2D eigenvalue weighted by atomic mass is 19.4. The van der Waals surface area contributed by atoms with E-state index in [2.05, 4.69) is 29.2 Å². The van der Waals surface area contributed by atoms with Gasteiger partial charge in [-0.15, -0.1) is 0 Å². The number of piperidine rings is 1. The molecule has 0 aliphatic carbocycles. The van der Waals surface area contributed by atoms with Crippen molar-refractivity contribution in [3.8, 4) is 0 Å². The van der Waals surface area contributed by atoms with Crippen LogP contribution in [0.15, 0.2) is 6.20 Å². The number of halogens is 3. The molecule has 2 heterocycles. The number of nitrogens with zero attached hydrogens (tertiary/aromatic N) is 3. The molecule has 0 aromatic carbocycles. The summed E-state index contributed by atoms with van der Waals surface area (Å²) in [4.78, 5) is 2.08. The molecule has 0 atom stereocenters. The minimum Gasteiger partial charge on any atom is -0.314 e. The van der Waals surface area contributed by atoms with Gasteiger partial charge in [-0.05, 0) is 38.4 Å². The topological polar surface area (TPSA) is 33.1 Å². The Morgan fingerprint density at radius 3 is 2.50 bits per heavy atom. The molecule has 1 fully saturated rings. The maximum atomic E-state index is 12.9. The molecule has 0 saturated carbocycles. The van der Waals surface area contributed by atoms with Crippen LogP contribution >= 0.6 is 0 Å². The van der Waals surface area contributed by atoms with E-state index in [9.17, 15) is 13.2 Å². The fraction of sp³-hybridized carbons (Fsp3) is 0.800. The Bertz CT molecular complexity index is 474. The lowest BCUT2D eigenvalue weighted by atomic mass is 10.0. The predicted molar refractivity (Wildman–Crippen MR) is 79.3 cm³/mol. The van der Waals surface area contributed by atoms with Gasteiger partial charge in [-0.2, -0.15) is 18.3 Å². The van der Waals surface area contributed by atoms with Gasteiger partial charge in [0, 0.05) is 31.4 Å². The zero-order valence-corrected chi connectivity index (χ0v) is 13.5. The number of hydrogen-bond acceptors (Lipinski definition) is 3. The van der Waals surface area contributed by atoms with Gasteiger partial charge in [0.1, 0.15) is 0 Å². The molecule has 1 saturated heterocycles. The number of nitrogens with one attached hydrogen (secondary N) is 1. The smallest absolute Gasteiger partial charge is 0.314 e. The van der Waals surface area contributed by atoms with Gasteiger partial charge in [0.05, 0.1) is 0 Å². The highest BCUT2D eigenvalue weighted by molar-refractivity contribution is 5.20. The molecule has 2 rings (SSSR count). The second-order valence-corrected chi connectivity index (χ2v) is 6.53. The van der Waals surface area contributed by atoms with Crippen molar-refractivity contribution in [2.75, 3.05) is 19.6 Å². The van der Waals surface area contributed by atoms with Gasteiger partial charge in [0.25, 0.3) is 0 Å². The van der Waals surface area contributed by atoms with Crippen molar-refractivity contribution in [2.24, 2.45) is 13.0 Å². The van der Waals surface area contributed by atoms with E-state index in [1.807, 2.05) is 0 Å². The lowest BCUT2D eigenvalue weighted by Gasteiger charge is -2.32. The molecule has 22 heavy (non-hydrogen) atoms. The van der Waals surface area contributed by atoms with Crippen LogP contribution in [-0.2, 0) is 19.8 Å². The van der Waals surface area contributed by atoms with Crippen LogP contribution in [0.5, 0.6) is 0 Å². The number of rotatable bonds is 5. The van der Waals surface area contributed by atoms with Gasteiger partial charge in [0.2, 0.25) is 0 Å². The number of likely N-dealkylation sites (tertiary alicyclic amines) is 1. The van der Waals surface area contributed by atoms with Crippen molar-refractivity contribution in [2.45, 2.75) is 45.5 Å². The summed E-state index contributed by atoms with van der Waals surface area (Å²) in [6, 6.07) is 0.481. The first-order chi connectivity index (χ1) is 10.3. The molecule has 0 radical (unpaired) electrons. The summed E-state index contributed by atoms with van der Waals surface area (Å²) in [5.41, 5.74) is -0.487. The molecule has 1 aromatic rings. The van der Waals surface area contributed by atoms with E-state index in [1.165, 1.54) is 17.9 Å². The zero-order chi connectivity index (χ0) is 16.3. The molecule has 126 valence electrons. The number of aryl methyl sites for hydroxylation is 1. The van der Waals surface area contributed by atoms with E-state index in [0.29, 0.717) is 18.5 Å². The number of hydrogen-bond donors (Lipinski definition) is 1. The third-order valence-electron chi connectivity index (χ3n) is 3.97. The molecule has 4 nitrogen and oxygen atoms in total. The molecule has 7 heteroatoms. The second kappa shape index (κ2) is 7.00. The van der Waals surface area contributed by atoms with Crippen LogP contribution in [0.2, 0.25) is 0 Å². The van der Waals surface area contributed by atoms with Gasteiger partial charge in [-0.3, -0.25) is 9.58 Å². The third-order valence-corrected chi connectivity index (χ3v) is 3.97. The first kappa shape index (κ1) is 17.3. The van der Waals surface area contributed by atoms with E-state index in [4.69, 9.17) is 0 Å². The molecule has 0 bridgehead atoms. The summed E-state index contributed by atoms with van der Waals surface area (Å²) >= 11 is 0. The second-order valence-electron chi connectivity index (χ2n) is 6.53. The molecule has 1 aliphatic rings. The van der Waals surface area contributed by atoms with Crippen LogP contribution in [0.25, 0.3) is 0 Å². The average Bonchev–Trinajstić information content (AvgIpc) is 2.79. The van der Waals surface area contributed by atoms with Crippen molar-refractivity contribution in [3.05, 3.63) is 17.5 Å². The quantitative estimate of drug-likeness (QED) is 0.906. The van der Waals surface area contributed by atoms with E-state index >= 15 is 0 Å². The fourth-order valence-corrected chi connectivity index (χ4v) is 2.83. The number of aromatic nitrogens is 2. The van der Waals surface area contributed by atoms with E-state index in [0.717, 1.165) is 32.5 Å². The van der Waals surface area contributed by atoms with Gasteiger partial charge >= 0.3 is 6.18 Å². The van der Waals surface area contributed by atoms with Crippen LogP contribution in [0.3, 0.4) is 0 Å². The molecule has 0 unspecified atom stereocenters. The molecular weight excluding hydrogens is 293 g/mol. The van der Waals surface area contributed by atoms with Crippen molar-refractivity contribution >= 4 is 0 Å². The summed E-state index contributed by atoms with van der Waals surface area (Å²) in [5, 5.41) is 7.09. The van der Waals surface area contributed by atoms with Gasteiger partial charge in [0.15, 0.2) is 5.69 Å². The first-order valence-electron chi connectivity index (χ1n) is 7.81. The van der Waals surface area contributed by atoms with Gasteiger partial charge in [-0.1, -0.05) is 13.8 Å². The highest BCUT2D eigenvalue weighted by Crippen LogP contribution is 2.31. The predicted octanol–water partition coefficient (Wildman–Crippen LogP) is 2.65. The molecular formula is C15H25F3N4. The fourth-order valence-electron chi connectivity index (χ4n) is 2.83. The summed E-state index contributed by atoms with van der Waals surface area (Å²) in [5.74, 6) is 0.614. The van der Waals surface area contributed by atoms with Crippen molar-refractivity contribution in [1.29, 1.82) is 0 Å². The normalized spacial score (nSPS) is 18.3.